The molecule has 3 rings (SSSR count). The van der Waals surface area contributed by atoms with E-state index in [0.717, 1.165) is 22.5 Å². The summed E-state index contributed by atoms with van der Waals surface area (Å²) in [5.41, 5.74) is 6.07. The second-order valence-electron chi connectivity index (χ2n) is 4.26. The van der Waals surface area contributed by atoms with Crippen molar-refractivity contribution in [1.29, 1.82) is 0 Å². The average Bonchev–Trinajstić information content (AvgIpc) is 2.78. The van der Waals surface area contributed by atoms with Crippen LogP contribution < -0.4 is 5.43 Å². The van der Waals surface area contributed by atoms with E-state index in [1.165, 1.54) is 0 Å². The van der Waals surface area contributed by atoms with E-state index in [9.17, 15) is 0 Å². The largest absolute Gasteiger partial charge is 0.312 e. The molecule has 1 aromatic heterocycles. The molecular formula is C15H14N4. The molecule has 0 spiro atoms. The number of para-hydroxylation sites is 2. The molecule has 0 aliphatic carbocycles. The zero-order chi connectivity index (χ0) is 13.1. The first-order valence-electron chi connectivity index (χ1n) is 6.10. The smallest absolute Gasteiger partial charge is 0.224 e. The fraction of sp³-hybridized carbons (Fsp3) is 0.0667. The van der Waals surface area contributed by atoms with E-state index in [2.05, 4.69) is 15.5 Å². The number of aromatic nitrogens is 2. The van der Waals surface area contributed by atoms with Crippen LogP contribution in [0, 0.1) is 0 Å². The minimum absolute atomic E-state index is 0.730. The fourth-order valence-corrected chi connectivity index (χ4v) is 1.95. The highest BCUT2D eigenvalue weighted by Gasteiger charge is 2.04. The van der Waals surface area contributed by atoms with Gasteiger partial charge in [-0.05, 0) is 17.7 Å². The maximum atomic E-state index is 4.48. The van der Waals surface area contributed by atoms with Crippen molar-refractivity contribution < 1.29 is 0 Å². The summed E-state index contributed by atoms with van der Waals surface area (Å²) < 4.78 is 1.98. The van der Waals surface area contributed by atoms with Gasteiger partial charge in [-0.25, -0.2) is 10.4 Å². The number of hydrogen-bond acceptors (Lipinski definition) is 3. The van der Waals surface area contributed by atoms with Gasteiger partial charge < -0.3 is 4.57 Å². The molecule has 19 heavy (non-hydrogen) atoms. The van der Waals surface area contributed by atoms with E-state index >= 15 is 0 Å². The quantitative estimate of drug-likeness (QED) is 0.573. The van der Waals surface area contributed by atoms with Crippen LogP contribution in [-0.4, -0.2) is 15.8 Å². The highest BCUT2D eigenvalue weighted by molar-refractivity contribution is 5.81. The van der Waals surface area contributed by atoms with Gasteiger partial charge in [-0.2, -0.15) is 5.10 Å². The molecule has 1 N–H and O–H groups in total. The molecule has 94 valence electrons. The number of nitrogens with one attached hydrogen (secondary N) is 1. The predicted molar refractivity (Wildman–Crippen MR) is 78.4 cm³/mol. The van der Waals surface area contributed by atoms with Gasteiger partial charge in [-0.15, -0.1) is 0 Å². The van der Waals surface area contributed by atoms with Crippen molar-refractivity contribution in [3.05, 3.63) is 60.2 Å². The van der Waals surface area contributed by atoms with Crippen LogP contribution in [0.2, 0.25) is 0 Å². The SMILES string of the molecule is Cn1c(N/N=C\c2ccccc2)nc2ccccc21. The Morgan fingerprint density at radius 3 is 2.58 bits per heavy atom. The highest BCUT2D eigenvalue weighted by Crippen LogP contribution is 2.17. The molecule has 0 unspecified atom stereocenters. The summed E-state index contributed by atoms with van der Waals surface area (Å²) >= 11 is 0. The second-order valence-corrected chi connectivity index (χ2v) is 4.26. The van der Waals surface area contributed by atoms with Crippen molar-refractivity contribution in [2.24, 2.45) is 12.1 Å². The van der Waals surface area contributed by atoms with Gasteiger partial charge in [0.25, 0.3) is 0 Å². The molecule has 0 radical (unpaired) electrons. The van der Waals surface area contributed by atoms with Crippen LogP contribution in [0.5, 0.6) is 0 Å². The average molecular weight is 250 g/mol. The fourth-order valence-electron chi connectivity index (χ4n) is 1.95. The zero-order valence-corrected chi connectivity index (χ0v) is 10.6. The zero-order valence-electron chi connectivity index (χ0n) is 10.6. The standard InChI is InChI=1S/C15H14N4/c1-19-14-10-6-5-9-13(14)17-15(19)18-16-11-12-7-3-2-4-8-12/h2-11H,1H3,(H,17,18)/b16-11-. The molecule has 2 aromatic carbocycles. The van der Waals surface area contributed by atoms with Gasteiger partial charge in [-0.1, -0.05) is 42.5 Å². The summed E-state index contributed by atoms with van der Waals surface area (Å²) in [5, 5.41) is 4.21. The number of hydrogen-bond donors (Lipinski definition) is 1. The van der Waals surface area contributed by atoms with Crippen LogP contribution in [0.3, 0.4) is 0 Å². The van der Waals surface area contributed by atoms with E-state index in [-0.39, 0.29) is 0 Å². The Kier molecular flexibility index (Phi) is 2.98. The number of aryl methyl sites for hydroxylation is 1. The number of nitrogens with zero attached hydrogens (tertiary/aromatic N) is 3. The summed E-state index contributed by atoms with van der Waals surface area (Å²) in [4.78, 5) is 4.48. The molecule has 0 atom stereocenters. The summed E-state index contributed by atoms with van der Waals surface area (Å²) in [6, 6.07) is 18.0. The van der Waals surface area contributed by atoms with Crippen molar-refractivity contribution in [2.45, 2.75) is 0 Å². The number of anilines is 1. The molecule has 0 amide bonds. The molecule has 0 saturated heterocycles. The third kappa shape index (κ3) is 2.33. The summed E-state index contributed by atoms with van der Waals surface area (Å²) in [5.74, 6) is 0.730. The van der Waals surface area contributed by atoms with E-state index in [1.807, 2.05) is 66.2 Å². The van der Waals surface area contributed by atoms with E-state index < -0.39 is 0 Å². The first-order chi connectivity index (χ1) is 9.34. The van der Waals surface area contributed by atoms with Crippen molar-refractivity contribution >= 4 is 23.2 Å². The normalized spacial score (nSPS) is 11.2. The van der Waals surface area contributed by atoms with E-state index in [1.54, 1.807) is 6.21 Å². The Morgan fingerprint density at radius 1 is 1.05 bits per heavy atom. The number of hydrazone groups is 1. The van der Waals surface area contributed by atoms with Gasteiger partial charge in [-0.3, -0.25) is 0 Å². The molecule has 0 aliphatic heterocycles. The Hall–Kier alpha value is -2.62. The second kappa shape index (κ2) is 4.94. The number of rotatable bonds is 3. The summed E-state index contributed by atoms with van der Waals surface area (Å²) in [6.07, 6.45) is 1.78. The molecular weight excluding hydrogens is 236 g/mol. The van der Waals surface area contributed by atoms with Crippen molar-refractivity contribution in [2.75, 3.05) is 5.43 Å². The maximum absolute atomic E-state index is 4.48. The third-order valence-corrected chi connectivity index (χ3v) is 2.96. The van der Waals surface area contributed by atoms with Crippen LogP contribution in [0.1, 0.15) is 5.56 Å². The van der Waals surface area contributed by atoms with Gasteiger partial charge in [0.1, 0.15) is 0 Å². The summed E-state index contributed by atoms with van der Waals surface area (Å²) in [7, 11) is 1.97. The molecule has 0 saturated carbocycles. The first kappa shape index (κ1) is 11.5. The number of benzene rings is 2. The third-order valence-electron chi connectivity index (χ3n) is 2.96. The lowest BCUT2D eigenvalue weighted by molar-refractivity contribution is 0.943. The van der Waals surface area contributed by atoms with Crippen LogP contribution in [0.25, 0.3) is 11.0 Å². The first-order valence-corrected chi connectivity index (χ1v) is 6.10. The maximum Gasteiger partial charge on any atom is 0.224 e. The monoisotopic (exact) mass is 250 g/mol. The topological polar surface area (TPSA) is 42.2 Å². The van der Waals surface area contributed by atoms with E-state index in [0.29, 0.717) is 0 Å². The number of imidazole rings is 1. The minimum atomic E-state index is 0.730. The highest BCUT2D eigenvalue weighted by atomic mass is 15.4. The Labute approximate surface area is 111 Å². The molecule has 0 fully saturated rings. The van der Waals surface area contributed by atoms with Crippen molar-refractivity contribution in [3.63, 3.8) is 0 Å². The minimum Gasteiger partial charge on any atom is -0.312 e. The Balaban J connectivity index is 1.82. The van der Waals surface area contributed by atoms with Crippen LogP contribution in [0.4, 0.5) is 5.95 Å². The lowest BCUT2D eigenvalue weighted by atomic mass is 10.2. The van der Waals surface area contributed by atoms with Crippen molar-refractivity contribution in [1.82, 2.24) is 9.55 Å². The predicted octanol–water partition coefficient (Wildman–Crippen LogP) is 3.02. The molecule has 1 heterocycles. The van der Waals surface area contributed by atoms with Crippen LogP contribution >= 0.6 is 0 Å². The Bertz CT molecular complexity index is 713. The van der Waals surface area contributed by atoms with Crippen LogP contribution in [0.15, 0.2) is 59.7 Å². The lowest BCUT2D eigenvalue weighted by Crippen LogP contribution is -1.98. The van der Waals surface area contributed by atoms with Gasteiger partial charge in [0.15, 0.2) is 0 Å². The summed E-state index contributed by atoms with van der Waals surface area (Å²) in [6.45, 7) is 0. The Morgan fingerprint density at radius 2 is 1.79 bits per heavy atom. The lowest BCUT2D eigenvalue weighted by Gasteiger charge is -2.00. The number of fused-ring (bicyclic) bond motifs is 1. The van der Waals surface area contributed by atoms with Crippen LogP contribution in [-0.2, 0) is 7.05 Å². The van der Waals surface area contributed by atoms with Gasteiger partial charge in [0.2, 0.25) is 5.95 Å². The molecule has 3 aromatic rings. The molecule has 4 nitrogen and oxygen atoms in total. The van der Waals surface area contributed by atoms with Gasteiger partial charge in [0, 0.05) is 7.05 Å². The molecule has 0 aliphatic rings. The van der Waals surface area contributed by atoms with E-state index in [4.69, 9.17) is 0 Å². The van der Waals surface area contributed by atoms with Gasteiger partial charge in [0.05, 0.1) is 17.2 Å². The molecule has 0 bridgehead atoms. The molecule has 4 heteroatoms. The van der Waals surface area contributed by atoms with Crippen molar-refractivity contribution in [3.8, 4) is 0 Å². The van der Waals surface area contributed by atoms with Gasteiger partial charge >= 0.3 is 0 Å².